The van der Waals surface area contributed by atoms with Gasteiger partial charge in [0.25, 0.3) is 5.91 Å². The smallest absolute Gasteiger partial charge is 0.327 e. The monoisotopic (exact) mass is 296 g/mol. The quantitative estimate of drug-likeness (QED) is 0.806. The first kappa shape index (κ1) is 14.5. The van der Waals surface area contributed by atoms with Gasteiger partial charge in [-0.2, -0.15) is 11.8 Å². The Labute approximate surface area is 120 Å². The molecule has 1 unspecified atom stereocenters. The molecule has 1 aromatic carbocycles. The van der Waals surface area contributed by atoms with E-state index in [9.17, 15) is 14.7 Å². The molecule has 1 heterocycles. The van der Waals surface area contributed by atoms with E-state index in [1.165, 1.54) is 23.8 Å². The summed E-state index contributed by atoms with van der Waals surface area (Å²) < 4.78 is 5.03. The molecule has 0 aromatic heterocycles. The summed E-state index contributed by atoms with van der Waals surface area (Å²) in [6, 6.07) is 3.96. The molecule has 6 nitrogen and oxygen atoms in total. The lowest BCUT2D eigenvalue weighted by molar-refractivity contribution is -0.141. The van der Waals surface area contributed by atoms with Gasteiger partial charge >= 0.3 is 5.97 Å². The molecule has 1 fully saturated rings. The first-order valence-electron chi connectivity index (χ1n) is 6.09. The number of hydrogen-bond donors (Lipinski definition) is 2. The Balaban J connectivity index is 2.27. The van der Waals surface area contributed by atoms with Crippen molar-refractivity contribution in [1.29, 1.82) is 0 Å². The average Bonchev–Trinajstić information content (AvgIpc) is 2.46. The van der Waals surface area contributed by atoms with Crippen molar-refractivity contribution in [3.05, 3.63) is 23.8 Å². The number of benzene rings is 1. The molecule has 2 rings (SSSR count). The number of carbonyl (C=O) groups excluding carboxylic acids is 1. The fourth-order valence-corrected chi connectivity index (χ4v) is 3.11. The predicted molar refractivity (Wildman–Crippen MR) is 77.2 cm³/mol. The van der Waals surface area contributed by atoms with Gasteiger partial charge in [-0.15, -0.1) is 0 Å². The highest BCUT2D eigenvalue weighted by Gasteiger charge is 2.33. The second-order valence-corrected chi connectivity index (χ2v) is 5.53. The molecule has 0 saturated carbocycles. The summed E-state index contributed by atoms with van der Waals surface area (Å²) in [5.74, 6) is 0.349. The van der Waals surface area contributed by atoms with Crippen molar-refractivity contribution in [2.75, 3.05) is 30.9 Å². The van der Waals surface area contributed by atoms with Crippen LogP contribution >= 0.6 is 11.8 Å². The van der Waals surface area contributed by atoms with Crippen LogP contribution in [0.3, 0.4) is 0 Å². The average molecular weight is 296 g/mol. The highest BCUT2D eigenvalue weighted by atomic mass is 32.2. The Morgan fingerprint density at radius 2 is 2.25 bits per heavy atom. The lowest BCUT2D eigenvalue weighted by atomic mass is 10.1. The molecule has 0 spiro atoms. The minimum Gasteiger partial charge on any atom is -0.497 e. The number of amides is 1. The van der Waals surface area contributed by atoms with Crippen LogP contribution in [0.4, 0.5) is 5.69 Å². The van der Waals surface area contributed by atoms with Gasteiger partial charge in [0.2, 0.25) is 0 Å². The third-order valence-corrected chi connectivity index (χ3v) is 4.19. The van der Waals surface area contributed by atoms with E-state index in [4.69, 9.17) is 10.5 Å². The Morgan fingerprint density at radius 1 is 1.50 bits per heavy atom. The van der Waals surface area contributed by atoms with Crippen molar-refractivity contribution < 1.29 is 19.4 Å². The molecule has 1 aliphatic heterocycles. The van der Waals surface area contributed by atoms with Crippen LogP contribution < -0.4 is 10.5 Å². The summed E-state index contributed by atoms with van der Waals surface area (Å²) in [6.07, 6.45) is 0. The first-order valence-corrected chi connectivity index (χ1v) is 7.25. The summed E-state index contributed by atoms with van der Waals surface area (Å²) in [6.45, 7) is 0.409. The minimum absolute atomic E-state index is 0.289. The van der Waals surface area contributed by atoms with E-state index >= 15 is 0 Å². The zero-order valence-corrected chi connectivity index (χ0v) is 11.9. The second kappa shape index (κ2) is 6.04. The van der Waals surface area contributed by atoms with Crippen molar-refractivity contribution in [2.45, 2.75) is 6.04 Å². The number of methoxy groups -OCH3 is 1. The van der Waals surface area contributed by atoms with Gasteiger partial charge in [-0.1, -0.05) is 0 Å². The number of anilines is 1. The van der Waals surface area contributed by atoms with Gasteiger partial charge in [0, 0.05) is 29.8 Å². The van der Waals surface area contributed by atoms with Crippen molar-refractivity contribution in [3.63, 3.8) is 0 Å². The second-order valence-electron chi connectivity index (χ2n) is 4.38. The molecular weight excluding hydrogens is 280 g/mol. The van der Waals surface area contributed by atoms with Crippen molar-refractivity contribution in [2.24, 2.45) is 0 Å². The number of ether oxygens (including phenoxy) is 1. The summed E-state index contributed by atoms with van der Waals surface area (Å²) in [5.41, 5.74) is 6.44. The van der Waals surface area contributed by atoms with E-state index in [-0.39, 0.29) is 11.6 Å². The fourth-order valence-electron chi connectivity index (χ4n) is 2.07. The van der Waals surface area contributed by atoms with Gasteiger partial charge in [-0.05, 0) is 12.1 Å². The predicted octanol–water partition coefficient (Wildman–Crippen LogP) is 0.920. The SMILES string of the molecule is COc1ccc(C(=O)N2CCSCC2C(=O)O)c(N)c1. The highest BCUT2D eigenvalue weighted by molar-refractivity contribution is 7.99. The minimum atomic E-state index is -0.988. The van der Waals surface area contributed by atoms with Crippen LogP contribution in [0.5, 0.6) is 5.75 Å². The normalized spacial score (nSPS) is 18.6. The van der Waals surface area contributed by atoms with Crippen LogP contribution in [-0.2, 0) is 4.79 Å². The van der Waals surface area contributed by atoms with Gasteiger partial charge in [-0.3, -0.25) is 4.79 Å². The molecule has 0 aliphatic carbocycles. The number of hydrogen-bond acceptors (Lipinski definition) is 5. The number of rotatable bonds is 3. The van der Waals surface area contributed by atoms with Crippen LogP contribution in [0, 0.1) is 0 Å². The summed E-state index contributed by atoms with van der Waals surface area (Å²) in [5, 5.41) is 9.20. The van der Waals surface area contributed by atoms with E-state index in [0.29, 0.717) is 23.6 Å². The summed E-state index contributed by atoms with van der Waals surface area (Å²) in [4.78, 5) is 25.1. The Bertz CT molecular complexity index is 535. The molecule has 108 valence electrons. The van der Waals surface area contributed by atoms with E-state index in [1.807, 2.05) is 0 Å². The summed E-state index contributed by atoms with van der Waals surface area (Å²) in [7, 11) is 1.51. The van der Waals surface area contributed by atoms with Gasteiger partial charge < -0.3 is 20.5 Å². The van der Waals surface area contributed by atoms with Gasteiger partial charge in [0.15, 0.2) is 0 Å². The largest absolute Gasteiger partial charge is 0.497 e. The maximum atomic E-state index is 12.5. The zero-order valence-electron chi connectivity index (χ0n) is 11.0. The van der Waals surface area contributed by atoms with Crippen LogP contribution in [0.15, 0.2) is 18.2 Å². The molecule has 1 aromatic rings. The fraction of sp³-hybridized carbons (Fsp3) is 0.385. The van der Waals surface area contributed by atoms with Gasteiger partial charge in [-0.25, -0.2) is 4.79 Å². The number of aliphatic carboxylic acids is 1. The van der Waals surface area contributed by atoms with Crippen LogP contribution in [0.1, 0.15) is 10.4 Å². The van der Waals surface area contributed by atoms with Crippen molar-refractivity contribution in [3.8, 4) is 5.75 Å². The molecule has 7 heteroatoms. The van der Waals surface area contributed by atoms with Crippen molar-refractivity contribution >= 4 is 29.3 Å². The lowest BCUT2D eigenvalue weighted by Crippen LogP contribution is -2.50. The maximum Gasteiger partial charge on any atom is 0.327 e. The number of nitrogen functional groups attached to an aromatic ring is 1. The summed E-state index contributed by atoms with van der Waals surface area (Å²) >= 11 is 1.53. The van der Waals surface area contributed by atoms with Gasteiger partial charge in [0.1, 0.15) is 11.8 Å². The van der Waals surface area contributed by atoms with Crippen LogP contribution in [-0.4, -0.2) is 53.1 Å². The first-order chi connectivity index (χ1) is 9.54. The molecule has 1 saturated heterocycles. The molecule has 1 amide bonds. The van der Waals surface area contributed by atoms with E-state index in [0.717, 1.165) is 5.75 Å². The van der Waals surface area contributed by atoms with E-state index < -0.39 is 12.0 Å². The molecule has 3 N–H and O–H groups in total. The van der Waals surface area contributed by atoms with Crippen LogP contribution in [0.2, 0.25) is 0 Å². The number of nitrogens with two attached hydrogens (primary N) is 1. The molecular formula is C13H16N2O4S. The topological polar surface area (TPSA) is 92.9 Å². The third-order valence-electron chi connectivity index (χ3n) is 3.16. The Hall–Kier alpha value is -1.89. The highest BCUT2D eigenvalue weighted by Crippen LogP contribution is 2.24. The lowest BCUT2D eigenvalue weighted by Gasteiger charge is -2.32. The number of nitrogens with zero attached hydrogens (tertiary/aromatic N) is 1. The number of carbonyl (C=O) groups is 2. The molecule has 20 heavy (non-hydrogen) atoms. The molecule has 0 radical (unpaired) electrons. The van der Waals surface area contributed by atoms with Gasteiger partial charge in [0.05, 0.1) is 12.7 Å². The van der Waals surface area contributed by atoms with Crippen molar-refractivity contribution in [1.82, 2.24) is 4.90 Å². The number of thioether (sulfide) groups is 1. The molecule has 0 bridgehead atoms. The van der Waals surface area contributed by atoms with E-state index in [2.05, 4.69) is 0 Å². The molecule has 1 aliphatic rings. The van der Waals surface area contributed by atoms with E-state index in [1.54, 1.807) is 18.2 Å². The van der Waals surface area contributed by atoms with Crippen LogP contribution in [0.25, 0.3) is 0 Å². The Morgan fingerprint density at radius 3 is 2.85 bits per heavy atom. The third kappa shape index (κ3) is 2.82. The number of carboxylic acids is 1. The standard InChI is InChI=1S/C13H16N2O4S/c1-19-8-2-3-9(10(14)6-8)12(16)15-4-5-20-7-11(15)13(17)18/h2-3,6,11H,4-5,7,14H2,1H3,(H,17,18). The maximum absolute atomic E-state index is 12.5. The molecule has 1 atom stereocenters. The number of carboxylic acid groups (broad SMARTS) is 1. The Kier molecular flexibility index (Phi) is 4.39. The zero-order chi connectivity index (χ0) is 14.7.